The minimum absolute atomic E-state index is 0.263. The molecule has 0 N–H and O–H groups in total. The van der Waals surface area contributed by atoms with Gasteiger partial charge in [-0.15, -0.1) is 10.2 Å². The van der Waals surface area contributed by atoms with Crippen LogP contribution in [-0.2, 0) is 15.9 Å². The molecular weight excluding hydrogens is 383 g/mol. The third-order valence-electron chi connectivity index (χ3n) is 3.56. The van der Waals surface area contributed by atoms with E-state index in [9.17, 15) is 17.4 Å². The van der Waals surface area contributed by atoms with Crippen molar-refractivity contribution in [2.45, 2.75) is 11.1 Å². The average Bonchev–Trinajstić information content (AvgIpc) is 3.13. The third kappa shape index (κ3) is 4.27. The first-order chi connectivity index (χ1) is 12.7. The lowest BCUT2D eigenvalue weighted by molar-refractivity contribution is -0.156. The zero-order valence-electron chi connectivity index (χ0n) is 14.2. The van der Waals surface area contributed by atoms with Gasteiger partial charge in [-0.05, 0) is 48.5 Å². The van der Waals surface area contributed by atoms with Gasteiger partial charge in [-0.1, -0.05) is 0 Å². The van der Waals surface area contributed by atoms with E-state index in [2.05, 4.69) is 19.0 Å². The number of alkyl halides is 3. The highest BCUT2D eigenvalue weighted by atomic mass is 32.2. The number of nitrogens with zero attached hydrogens (tertiary/aromatic N) is 3. The molecule has 2 aromatic carbocycles. The molecule has 142 valence electrons. The highest BCUT2D eigenvalue weighted by Crippen LogP contribution is 2.31. The van der Waals surface area contributed by atoms with Crippen LogP contribution in [0.3, 0.4) is 0 Å². The molecule has 0 saturated carbocycles. The van der Waals surface area contributed by atoms with Gasteiger partial charge >= 0.3 is 12.1 Å². The molecule has 1 atom stereocenters. The zero-order chi connectivity index (χ0) is 19.7. The molecule has 3 rings (SSSR count). The van der Waals surface area contributed by atoms with Crippen LogP contribution in [0.15, 0.2) is 62.2 Å². The van der Waals surface area contributed by atoms with E-state index in [1.165, 1.54) is 37.6 Å². The summed E-state index contributed by atoms with van der Waals surface area (Å²) in [5.41, 5.74) is 0.696. The molecule has 1 aromatic heterocycles. The Kier molecular flexibility index (Phi) is 4.92. The van der Waals surface area contributed by atoms with Crippen molar-refractivity contribution in [3.05, 3.63) is 54.4 Å². The molecule has 3 aromatic rings. The number of aromatic nitrogens is 2. The van der Waals surface area contributed by atoms with E-state index < -0.39 is 21.8 Å². The number of halogens is 3. The molecule has 27 heavy (non-hydrogen) atoms. The van der Waals surface area contributed by atoms with Gasteiger partial charge in [-0.2, -0.15) is 17.5 Å². The maximum atomic E-state index is 12.9. The Morgan fingerprint density at radius 1 is 1.04 bits per heavy atom. The third-order valence-corrected chi connectivity index (χ3v) is 5.26. The lowest BCUT2D eigenvalue weighted by Gasteiger charge is -2.06. The number of methoxy groups -OCH3 is 1. The van der Waals surface area contributed by atoms with Crippen LogP contribution < -0.4 is 4.74 Å². The van der Waals surface area contributed by atoms with Gasteiger partial charge < -0.3 is 9.15 Å². The Balaban J connectivity index is 1.87. The Hall–Kier alpha value is -2.88. The van der Waals surface area contributed by atoms with Gasteiger partial charge in [0.05, 0.1) is 22.5 Å². The van der Waals surface area contributed by atoms with E-state index in [1.807, 2.05) is 0 Å². The highest BCUT2D eigenvalue weighted by molar-refractivity contribution is 7.93. The van der Waals surface area contributed by atoms with Crippen molar-refractivity contribution >= 4 is 15.4 Å². The molecule has 0 fully saturated rings. The summed E-state index contributed by atoms with van der Waals surface area (Å²) in [6.45, 7) is 0. The quantitative estimate of drug-likeness (QED) is 0.645. The van der Waals surface area contributed by atoms with E-state index >= 15 is 0 Å². The second kappa shape index (κ2) is 7.03. The number of hydrogen-bond acceptors (Lipinski definition) is 6. The normalized spacial score (nSPS) is 13.8. The van der Waals surface area contributed by atoms with Crippen molar-refractivity contribution < 1.29 is 26.5 Å². The lowest BCUT2D eigenvalue weighted by Crippen LogP contribution is -2.04. The first kappa shape index (κ1) is 18.9. The molecule has 0 saturated heterocycles. The number of benzene rings is 2. The van der Waals surface area contributed by atoms with Gasteiger partial charge in [0.2, 0.25) is 5.89 Å². The molecule has 1 heterocycles. The van der Waals surface area contributed by atoms with E-state index in [1.54, 1.807) is 24.3 Å². The van der Waals surface area contributed by atoms with Gasteiger partial charge in [0.25, 0.3) is 0 Å². The summed E-state index contributed by atoms with van der Waals surface area (Å²) < 4.78 is 64.3. The summed E-state index contributed by atoms with van der Waals surface area (Å²) in [5, 5.41) is 6.36. The van der Waals surface area contributed by atoms with Crippen LogP contribution >= 0.6 is 0 Å². The van der Waals surface area contributed by atoms with Gasteiger partial charge in [0.1, 0.15) is 5.75 Å². The van der Waals surface area contributed by atoms with E-state index in [4.69, 9.17) is 4.74 Å². The van der Waals surface area contributed by atoms with Gasteiger partial charge in [-0.25, -0.2) is 4.21 Å². The van der Waals surface area contributed by atoms with Crippen LogP contribution in [0, 0.1) is 0 Å². The van der Waals surface area contributed by atoms with Gasteiger partial charge in [0.15, 0.2) is 0 Å². The lowest BCUT2D eigenvalue weighted by atomic mass is 10.2. The highest BCUT2D eigenvalue weighted by Gasteiger charge is 2.38. The van der Waals surface area contributed by atoms with Crippen molar-refractivity contribution in [2.75, 3.05) is 13.4 Å². The molecule has 0 amide bonds. The van der Waals surface area contributed by atoms with Crippen molar-refractivity contribution in [1.29, 1.82) is 0 Å². The van der Waals surface area contributed by atoms with Crippen LogP contribution in [0.1, 0.15) is 5.89 Å². The van der Waals surface area contributed by atoms with Crippen molar-refractivity contribution in [3.8, 4) is 17.2 Å². The fourth-order valence-corrected chi connectivity index (χ4v) is 3.47. The van der Waals surface area contributed by atoms with E-state index in [0.29, 0.717) is 21.9 Å². The standard InChI is InChI=1S/C17H14F3N3O3S/c1-25-13-7-9-14(10-8-13)27(2,24)23-12-5-3-11(4-6-12)15-21-22-16(26-15)17(18,19)20/h3-10H,1-2H3. The fourth-order valence-electron chi connectivity index (χ4n) is 2.20. The Labute approximate surface area is 153 Å². The molecule has 0 aliphatic rings. The maximum Gasteiger partial charge on any atom is 0.470 e. The molecule has 0 aliphatic heterocycles. The maximum absolute atomic E-state index is 12.9. The number of rotatable bonds is 4. The first-order valence-electron chi connectivity index (χ1n) is 7.56. The Morgan fingerprint density at radius 2 is 1.67 bits per heavy atom. The van der Waals surface area contributed by atoms with Crippen molar-refractivity contribution in [2.24, 2.45) is 4.36 Å². The van der Waals surface area contributed by atoms with Crippen LogP contribution in [0.2, 0.25) is 0 Å². The predicted molar refractivity (Wildman–Crippen MR) is 92.2 cm³/mol. The summed E-state index contributed by atoms with van der Waals surface area (Å²) >= 11 is 0. The molecule has 0 aliphatic carbocycles. The smallest absolute Gasteiger partial charge is 0.470 e. The summed E-state index contributed by atoms with van der Waals surface area (Å²) in [7, 11) is -1.18. The monoisotopic (exact) mass is 397 g/mol. The predicted octanol–water partition coefficient (Wildman–Crippen LogP) is 4.55. The second-order valence-corrected chi connectivity index (χ2v) is 7.79. The van der Waals surface area contributed by atoms with Crippen LogP contribution in [0.4, 0.5) is 18.9 Å². The summed E-state index contributed by atoms with van der Waals surface area (Å²) in [4.78, 5) is 0.527. The van der Waals surface area contributed by atoms with Crippen LogP contribution in [-0.4, -0.2) is 27.8 Å². The molecule has 1 unspecified atom stereocenters. The minimum Gasteiger partial charge on any atom is -0.497 e. The molecule has 6 nitrogen and oxygen atoms in total. The van der Waals surface area contributed by atoms with Crippen molar-refractivity contribution in [3.63, 3.8) is 0 Å². The van der Waals surface area contributed by atoms with Crippen LogP contribution in [0.25, 0.3) is 11.5 Å². The van der Waals surface area contributed by atoms with E-state index in [-0.39, 0.29) is 5.89 Å². The molecular formula is C17H14F3N3O3S. The van der Waals surface area contributed by atoms with E-state index in [0.717, 1.165) is 0 Å². The average molecular weight is 397 g/mol. The van der Waals surface area contributed by atoms with Gasteiger partial charge in [0, 0.05) is 16.7 Å². The second-order valence-electron chi connectivity index (χ2n) is 5.53. The van der Waals surface area contributed by atoms with Crippen molar-refractivity contribution in [1.82, 2.24) is 10.2 Å². The van der Waals surface area contributed by atoms with Gasteiger partial charge in [-0.3, -0.25) is 0 Å². The topological polar surface area (TPSA) is 77.6 Å². The minimum atomic E-state index is -4.70. The molecule has 10 heteroatoms. The summed E-state index contributed by atoms with van der Waals surface area (Å²) in [6.07, 6.45) is -3.21. The first-order valence-corrected chi connectivity index (χ1v) is 9.49. The van der Waals surface area contributed by atoms with Crippen LogP contribution in [0.5, 0.6) is 5.75 Å². The number of hydrogen-bond donors (Lipinski definition) is 0. The Morgan fingerprint density at radius 3 is 2.19 bits per heavy atom. The fraction of sp³-hybridized carbons (Fsp3) is 0.176. The largest absolute Gasteiger partial charge is 0.497 e. The number of ether oxygens (including phenoxy) is 1. The zero-order valence-corrected chi connectivity index (χ0v) is 15.0. The molecule has 0 spiro atoms. The molecule has 0 radical (unpaired) electrons. The molecule has 0 bridgehead atoms. The Bertz CT molecular complexity index is 1050. The summed E-state index contributed by atoms with van der Waals surface area (Å²) in [6, 6.07) is 12.7. The SMILES string of the molecule is COc1ccc(S(C)(=O)=Nc2ccc(-c3nnc(C(F)(F)F)o3)cc2)cc1. The summed E-state index contributed by atoms with van der Waals surface area (Å²) in [5.74, 6) is -1.04.